The summed E-state index contributed by atoms with van der Waals surface area (Å²) in [6, 6.07) is 0. The number of carboxylic acids is 1. The van der Waals surface area contributed by atoms with Crippen LogP contribution >= 0.6 is 0 Å². The Morgan fingerprint density at radius 1 is 1.44 bits per heavy atom. The molecule has 0 aromatic carbocycles. The zero-order valence-corrected chi connectivity index (χ0v) is 10.7. The Morgan fingerprint density at radius 3 is 2.56 bits per heavy atom. The molecule has 0 aromatic rings. The maximum absolute atomic E-state index is 11.3. The monoisotopic (exact) mass is 228 g/mol. The molecule has 4 heteroatoms. The van der Waals surface area contributed by atoms with Crippen molar-refractivity contribution in [2.75, 3.05) is 32.7 Å². The molecule has 0 radical (unpaired) electrons. The average molecular weight is 228 g/mol. The lowest BCUT2D eigenvalue weighted by Crippen LogP contribution is -2.50. The van der Waals surface area contributed by atoms with Crippen molar-refractivity contribution in [3.63, 3.8) is 0 Å². The lowest BCUT2D eigenvalue weighted by Gasteiger charge is -2.32. The van der Waals surface area contributed by atoms with Gasteiger partial charge in [-0.05, 0) is 39.4 Å². The van der Waals surface area contributed by atoms with Crippen LogP contribution in [0, 0.1) is 0 Å². The van der Waals surface area contributed by atoms with E-state index in [1.165, 1.54) is 0 Å². The number of aliphatic carboxylic acids is 1. The Balaban J connectivity index is 2.50. The predicted octanol–water partition coefficient (Wildman–Crippen LogP) is 1.27. The van der Waals surface area contributed by atoms with Gasteiger partial charge in [-0.1, -0.05) is 13.8 Å². The minimum Gasteiger partial charge on any atom is -0.480 e. The summed E-state index contributed by atoms with van der Waals surface area (Å²) in [5.74, 6) is -0.676. The second kappa shape index (κ2) is 5.64. The average Bonchev–Trinajstić information content (AvgIpc) is 2.63. The lowest BCUT2D eigenvalue weighted by atomic mass is 9.99. The summed E-state index contributed by atoms with van der Waals surface area (Å²) in [6.45, 7) is 11.0. The number of likely N-dealkylation sites (N-methyl/N-ethyl adjacent to an activating group) is 1. The van der Waals surface area contributed by atoms with Gasteiger partial charge in [0.05, 0.1) is 0 Å². The van der Waals surface area contributed by atoms with Crippen molar-refractivity contribution in [1.82, 2.24) is 9.80 Å². The number of nitrogens with zero attached hydrogens (tertiary/aromatic N) is 2. The highest BCUT2D eigenvalue weighted by atomic mass is 16.4. The van der Waals surface area contributed by atoms with E-state index in [1.54, 1.807) is 0 Å². The number of carbonyl (C=O) groups is 1. The van der Waals surface area contributed by atoms with Crippen molar-refractivity contribution in [3.8, 4) is 0 Å². The summed E-state index contributed by atoms with van der Waals surface area (Å²) in [5.41, 5.74) is -0.632. The molecule has 1 aliphatic rings. The van der Waals surface area contributed by atoms with Gasteiger partial charge in [0.15, 0.2) is 0 Å². The Bertz CT molecular complexity index is 241. The zero-order chi connectivity index (χ0) is 12.2. The molecule has 1 fully saturated rings. The van der Waals surface area contributed by atoms with Crippen LogP contribution < -0.4 is 0 Å². The van der Waals surface area contributed by atoms with Crippen LogP contribution in [0.15, 0.2) is 0 Å². The Kier molecular flexibility index (Phi) is 4.74. The van der Waals surface area contributed by atoms with Gasteiger partial charge < -0.3 is 10.0 Å². The van der Waals surface area contributed by atoms with Crippen molar-refractivity contribution in [2.24, 2.45) is 0 Å². The van der Waals surface area contributed by atoms with E-state index in [0.717, 1.165) is 45.6 Å². The van der Waals surface area contributed by atoms with Gasteiger partial charge in [0.25, 0.3) is 0 Å². The molecule has 0 bridgehead atoms. The molecule has 0 aliphatic carbocycles. The van der Waals surface area contributed by atoms with E-state index >= 15 is 0 Å². The van der Waals surface area contributed by atoms with Crippen LogP contribution in [0.2, 0.25) is 0 Å². The second-order valence-corrected chi connectivity index (χ2v) is 4.70. The van der Waals surface area contributed by atoms with Crippen LogP contribution in [0.3, 0.4) is 0 Å². The van der Waals surface area contributed by atoms with Crippen LogP contribution in [-0.2, 0) is 4.79 Å². The summed E-state index contributed by atoms with van der Waals surface area (Å²) in [4.78, 5) is 15.7. The molecule has 16 heavy (non-hydrogen) atoms. The second-order valence-electron chi connectivity index (χ2n) is 4.70. The minimum absolute atomic E-state index is 0.632. The molecule has 4 nitrogen and oxygen atoms in total. The van der Waals surface area contributed by atoms with E-state index in [4.69, 9.17) is 0 Å². The molecule has 0 aromatic heterocycles. The molecular formula is C12H24N2O2. The van der Waals surface area contributed by atoms with Gasteiger partial charge in [-0.3, -0.25) is 9.69 Å². The van der Waals surface area contributed by atoms with Crippen molar-refractivity contribution in [3.05, 3.63) is 0 Å². The first-order valence-corrected chi connectivity index (χ1v) is 6.25. The summed E-state index contributed by atoms with van der Waals surface area (Å²) in [7, 11) is 0. The topological polar surface area (TPSA) is 43.8 Å². The molecule has 0 spiro atoms. The molecule has 1 N–H and O–H groups in total. The van der Waals surface area contributed by atoms with Crippen molar-refractivity contribution < 1.29 is 9.90 Å². The van der Waals surface area contributed by atoms with Gasteiger partial charge in [0.1, 0.15) is 5.54 Å². The van der Waals surface area contributed by atoms with Crippen molar-refractivity contribution in [2.45, 2.75) is 39.2 Å². The molecule has 0 saturated carbocycles. The largest absolute Gasteiger partial charge is 0.480 e. The van der Waals surface area contributed by atoms with Crippen LogP contribution in [0.4, 0.5) is 0 Å². The summed E-state index contributed by atoms with van der Waals surface area (Å²) in [5, 5.41) is 9.27. The number of hydrogen-bond donors (Lipinski definition) is 1. The Labute approximate surface area is 98.2 Å². The van der Waals surface area contributed by atoms with E-state index in [1.807, 2.05) is 6.92 Å². The van der Waals surface area contributed by atoms with Gasteiger partial charge in [-0.25, -0.2) is 0 Å². The number of rotatable bonds is 6. The Hall–Kier alpha value is -0.610. The highest BCUT2D eigenvalue weighted by molar-refractivity contribution is 5.78. The van der Waals surface area contributed by atoms with Crippen LogP contribution in [-0.4, -0.2) is 59.1 Å². The molecule has 1 rings (SSSR count). The smallest absolute Gasteiger partial charge is 0.323 e. The summed E-state index contributed by atoms with van der Waals surface area (Å²) >= 11 is 0. The van der Waals surface area contributed by atoms with Crippen molar-refractivity contribution >= 4 is 5.97 Å². The zero-order valence-electron chi connectivity index (χ0n) is 10.7. The van der Waals surface area contributed by atoms with E-state index < -0.39 is 11.5 Å². The standard InChI is InChI=1S/C12H24N2O2/c1-4-13(5-2)9-10-14-8-6-7-12(14,3)11(15)16/h4-10H2,1-3H3,(H,15,16). The molecule has 1 atom stereocenters. The first-order chi connectivity index (χ1) is 7.54. The normalized spacial score (nSPS) is 26.5. The highest BCUT2D eigenvalue weighted by Gasteiger charge is 2.42. The van der Waals surface area contributed by atoms with Gasteiger partial charge in [-0.15, -0.1) is 0 Å². The van der Waals surface area contributed by atoms with E-state index in [-0.39, 0.29) is 0 Å². The third-order valence-corrected chi connectivity index (χ3v) is 3.83. The van der Waals surface area contributed by atoms with E-state index in [9.17, 15) is 9.90 Å². The third-order valence-electron chi connectivity index (χ3n) is 3.83. The number of hydrogen-bond acceptors (Lipinski definition) is 3. The van der Waals surface area contributed by atoms with E-state index in [2.05, 4.69) is 23.6 Å². The minimum atomic E-state index is -0.676. The van der Waals surface area contributed by atoms with Gasteiger partial charge in [0, 0.05) is 13.1 Å². The molecule has 1 unspecified atom stereocenters. The first kappa shape index (κ1) is 13.5. The fourth-order valence-corrected chi connectivity index (χ4v) is 2.42. The predicted molar refractivity (Wildman–Crippen MR) is 64.6 cm³/mol. The van der Waals surface area contributed by atoms with E-state index in [0.29, 0.717) is 0 Å². The summed E-state index contributed by atoms with van der Waals surface area (Å²) < 4.78 is 0. The van der Waals surface area contributed by atoms with Gasteiger partial charge in [-0.2, -0.15) is 0 Å². The lowest BCUT2D eigenvalue weighted by molar-refractivity contribution is -0.148. The third kappa shape index (κ3) is 2.74. The fourth-order valence-electron chi connectivity index (χ4n) is 2.42. The molecule has 1 aliphatic heterocycles. The van der Waals surface area contributed by atoms with Crippen molar-refractivity contribution in [1.29, 1.82) is 0 Å². The number of likely N-dealkylation sites (tertiary alicyclic amines) is 1. The van der Waals surface area contributed by atoms with Crippen LogP contribution in [0.5, 0.6) is 0 Å². The molecule has 1 heterocycles. The molecule has 1 saturated heterocycles. The van der Waals surface area contributed by atoms with Gasteiger partial charge in [0.2, 0.25) is 0 Å². The van der Waals surface area contributed by atoms with Gasteiger partial charge >= 0.3 is 5.97 Å². The molecule has 0 amide bonds. The van der Waals surface area contributed by atoms with Crippen LogP contribution in [0.1, 0.15) is 33.6 Å². The number of carboxylic acid groups (broad SMARTS) is 1. The summed E-state index contributed by atoms with van der Waals surface area (Å²) in [6.07, 6.45) is 1.78. The quantitative estimate of drug-likeness (QED) is 0.743. The Morgan fingerprint density at radius 2 is 2.06 bits per heavy atom. The maximum Gasteiger partial charge on any atom is 0.323 e. The SMILES string of the molecule is CCN(CC)CCN1CCCC1(C)C(=O)O. The molecule has 94 valence electrons. The maximum atomic E-state index is 11.3. The fraction of sp³-hybridized carbons (Fsp3) is 0.917. The molecular weight excluding hydrogens is 204 g/mol. The highest BCUT2D eigenvalue weighted by Crippen LogP contribution is 2.28. The van der Waals surface area contributed by atoms with Crippen LogP contribution in [0.25, 0.3) is 0 Å². The first-order valence-electron chi connectivity index (χ1n) is 6.25.